The minimum atomic E-state index is -4.51. The SMILES string of the molecule is Cc1ccc(N(CC(=O)Nc2cccc(Cl)c2)S(=O)(=O)c2c(C)[nH]c(=O)[nH]c2=O)cc1. The monoisotopic (exact) mass is 462 g/mol. The molecule has 0 aliphatic carbocycles. The Bertz CT molecular complexity index is 1350. The maximum Gasteiger partial charge on any atom is 0.325 e. The first kappa shape index (κ1) is 22.3. The van der Waals surface area contributed by atoms with Gasteiger partial charge in [0.25, 0.3) is 15.6 Å². The molecule has 11 heteroatoms. The Morgan fingerprint density at radius 1 is 1.06 bits per heavy atom. The van der Waals surface area contributed by atoms with Gasteiger partial charge in [-0.2, -0.15) is 0 Å². The zero-order valence-electron chi connectivity index (χ0n) is 16.6. The lowest BCUT2D eigenvalue weighted by atomic mass is 10.2. The molecule has 0 radical (unpaired) electrons. The topological polar surface area (TPSA) is 132 Å². The van der Waals surface area contributed by atoms with Gasteiger partial charge in [0.1, 0.15) is 6.54 Å². The summed E-state index contributed by atoms with van der Waals surface area (Å²) in [5, 5.41) is 2.98. The number of amides is 1. The number of benzene rings is 2. The number of sulfonamides is 1. The van der Waals surface area contributed by atoms with Gasteiger partial charge in [0.15, 0.2) is 4.90 Å². The summed E-state index contributed by atoms with van der Waals surface area (Å²) >= 11 is 5.92. The predicted molar refractivity (Wildman–Crippen MR) is 118 cm³/mol. The average Bonchev–Trinajstić information content (AvgIpc) is 2.66. The van der Waals surface area contributed by atoms with Crippen molar-refractivity contribution in [2.24, 2.45) is 0 Å². The van der Waals surface area contributed by atoms with Crippen LogP contribution in [-0.4, -0.2) is 30.8 Å². The quantitative estimate of drug-likeness (QED) is 0.516. The number of nitrogens with one attached hydrogen (secondary N) is 3. The lowest BCUT2D eigenvalue weighted by molar-refractivity contribution is -0.114. The Morgan fingerprint density at radius 2 is 1.74 bits per heavy atom. The van der Waals surface area contributed by atoms with E-state index in [4.69, 9.17) is 11.6 Å². The van der Waals surface area contributed by atoms with E-state index in [-0.39, 0.29) is 11.4 Å². The molecule has 0 fully saturated rings. The van der Waals surface area contributed by atoms with E-state index < -0.39 is 38.6 Å². The van der Waals surface area contributed by atoms with Crippen LogP contribution in [0.4, 0.5) is 11.4 Å². The van der Waals surface area contributed by atoms with Crippen LogP contribution in [0.1, 0.15) is 11.3 Å². The molecule has 3 N–H and O–H groups in total. The molecular formula is C20H19ClN4O5S. The number of nitrogens with zero attached hydrogens (tertiary/aromatic N) is 1. The number of anilines is 2. The lowest BCUT2D eigenvalue weighted by Crippen LogP contribution is -2.42. The maximum atomic E-state index is 13.4. The Morgan fingerprint density at radius 3 is 2.35 bits per heavy atom. The molecule has 162 valence electrons. The number of halogens is 1. The van der Waals surface area contributed by atoms with Gasteiger partial charge in [-0.05, 0) is 44.2 Å². The van der Waals surface area contributed by atoms with Crippen molar-refractivity contribution in [2.45, 2.75) is 18.7 Å². The fourth-order valence-corrected chi connectivity index (χ4v) is 4.75. The highest BCUT2D eigenvalue weighted by Crippen LogP contribution is 2.24. The molecule has 0 atom stereocenters. The number of carbonyl (C=O) groups is 1. The molecule has 1 amide bonds. The molecule has 31 heavy (non-hydrogen) atoms. The Hall–Kier alpha value is -3.37. The zero-order chi connectivity index (χ0) is 22.8. The molecule has 0 aliphatic rings. The van der Waals surface area contributed by atoms with Crippen LogP contribution in [0.25, 0.3) is 0 Å². The van der Waals surface area contributed by atoms with Crippen LogP contribution < -0.4 is 20.9 Å². The van der Waals surface area contributed by atoms with E-state index in [0.717, 1.165) is 9.87 Å². The highest BCUT2D eigenvalue weighted by molar-refractivity contribution is 7.92. The van der Waals surface area contributed by atoms with E-state index >= 15 is 0 Å². The highest BCUT2D eigenvalue weighted by Gasteiger charge is 2.31. The number of rotatable bonds is 6. The maximum absolute atomic E-state index is 13.4. The molecule has 0 bridgehead atoms. The largest absolute Gasteiger partial charge is 0.325 e. The molecule has 0 spiro atoms. The number of hydrogen-bond acceptors (Lipinski definition) is 5. The molecule has 0 saturated carbocycles. The van der Waals surface area contributed by atoms with E-state index in [9.17, 15) is 22.8 Å². The van der Waals surface area contributed by atoms with E-state index in [1.807, 2.05) is 11.9 Å². The molecule has 3 rings (SSSR count). The van der Waals surface area contributed by atoms with Gasteiger partial charge < -0.3 is 10.3 Å². The Kier molecular flexibility index (Phi) is 6.32. The summed E-state index contributed by atoms with van der Waals surface area (Å²) in [6.07, 6.45) is 0. The number of H-pyrrole nitrogens is 2. The molecule has 2 aromatic carbocycles. The van der Waals surface area contributed by atoms with E-state index in [2.05, 4.69) is 10.3 Å². The number of hydrogen-bond donors (Lipinski definition) is 3. The van der Waals surface area contributed by atoms with Gasteiger partial charge in [0, 0.05) is 16.4 Å². The molecule has 0 saturated heterocycles. The molecule has 9 nitrogen and oxygen atoms in total. The van der Waals surface area contributed by atoms with Crippen molar-refractivity contribution in [2.75, 3.05) is 16.2 Å². The summed E-state index contributed by atoms with van der Waals surface area (Å²) in [7, 11) is -4.51. The molecular weight excluding hydrogens is 444 g/mol. The van der Waals surface area contributed by atoms with Crippen molar-refractivity contribution >= 4 is 38.9 Å². The lowest BCUT2D eigenvalue weighted by Gasteiger charge is -2.24. The fourth-order valence-electron chi connectivity index (χ4n) is 2.93. The van der Waals surface area contributed by atoms with Crippen LogP contribution >= 0.6 is 11.6 Å². The summed E-state index contributed by atoms with van der Waals surface area (Å²) in [5.74, 6) is -0.648. The van der Waals surface area contributed by atoms with E-state index in [0.29, 0.717) is 10.7 Å². The second-order valence-corrected chi connectivity index (χ2v) is 9.00. The van der Waals surface area contributed by atoms with Crippen molar-refractivity contribution in [3.05, 3.63) is 85.6 Å². The molecule has 3 aromatic rings. The summed E-state index contributed by atoms with van der Waals surface area (Å²) in [4.78, 5) is 40.0. The summed E-state index contributed by atoms with van der Waals surface area (Å²) in [6.45, 7) is 2.50. The van der Waals surface area contributed by atoms with Crippen LogP contribution in [-0.2, 0) is 14.8 Å². The standard InChI is InChI=1S/C20H19ClN4O5S/c1-12-6-8-16(9-7-12)25(11-17(26)23-15-5-3-4-14(21)10-15)31(29,30)18-13(2)22-20(28)24-19(18)27/h3-10H,11H2,1-2H3,(H,23,26)(H2,22,24,27,28). The van der Waals surface area contributed by atoms with E-state index in [1.54, 1.807) is 30.3 Å². The Labute approximate surface area is 182 Å². The third-order valence-electron chi connectivity index (χ3n) is 4.34. The first-order valence-corrected chi connectivity index (χ1v) is 10.9. The molecule has 1 aromatic heterocycles. The van der Waals surface area contributed by atoms with Gasteiger partial charge in [-0.1, -0.05) is 35.4 Å². The van der Waals surface area contributed by atoms with Gasteiger partial charge in [-0.15, -0.1) is 0 Å². The van der Waals surface area contributed by atoms with Crippen molar-refractivity contribution in [1.29, 1.82) is 0 Å². The van der Waals surface area contributed by atoms with E-state index in [1.165, 1.54) is 25.1 Å². The fraction of sp³-hybridized carbons (Fsp3) is 0.150. The third kappa shape index (κ3) is 5.04. The van der Waals surface area contributed by atoms with Gasteiger partial charge >= 0.3 is 5.69 Å². The normalized spacial score (nSPS) is 11.2. The van der Waals surface area contributed by atoms with Crippen LogP contribution in [0.5, 0.6) is 0 Å². The van der Waals surface area contributed by atoms with Crippen LogP contribution in [0.2, 0.25) is 5.02 Å². The second kappa shape index (κ2) is 8.78. The van der Waals surface area contributed by atoms with Crippen LogP contribution in [0, 0.1) is 13.8 Å². The summed E-state index contributed by atoms with van der Waals surface area (Å²) in [6, 6.07) is 12.8. The van der Waals surface area contributed by atoms with Crippen LogP contribution in [0.15, 0.2) is 63.0 Å². The first-order valence-electron chi connectivity index (χ1n) is 9.06. The van der Waals surface area contributed by atoms with Gasteiger partial charge in [-0.3, -0.25) is 18.9 Å². The Balaban J connectivity index is 2.05. The molecule has 0 aliphatic heterocycles. The number of carbonyl (C=O) groups excluding carboxylic acids is 1. The predicted octanol–water partition coefficient (Wildman–Crippen LogP) is 2.17. The average molecular weight is 463 g/mol. The number of aromatic nitrogens is 2. The van der Waals surface area contributed by atoms with Gasteiger partial charge in [-0.25, -0.2) is 13.2 Å². The zero-order valence-corrected chi connectivity index (χ0v) is 18.2. The smallest absolute Gasteiger partial charge is 0.324 e. The van der Waals surface area contributed by atoms with Gasteiger partial charge in [0.05, 0.1) is 5.69 Å². The van der Waals surface area contributed by atoms with Crippen molar-refractivity contribution in [3.63, 3.8) is 0 Å². The molecule has 1 heterocycles. The number of aryl methyl sites for hydroxylation is 2. The van der Waals surface area contributed by atoms with Gasteiger partial charge in [0.2, 0.25) is 5.91 Å². The summed E-state index contributed by atoms with van der Waals surface area (Å²) < 4.78 is 27.6. The van der Waals surface area contributed by atoms with Crippen LogP contribution in [0.3, 0.4) is 0 Å². The second-order valence-electron chi connectivity index (χ2n) is 6.77. The summed E-state index contributed by atoms with van der Waals surface area (Å²) in [5.41, 5.74) is -0.604. The first-order chi connectivity index (χ1) is 14.6. The van der Waals surface area contributed by atoms with Crippen molar-refractivity contribution in [3.8, 4) is 0 Å². The van der Waals surface area contributed by atoms with Crippen molar-refractivity contribution in [1.82, 2.24) is 9.97 Å². The minimum Gasteiger partial charge on any atom is -0.324 e. The minimum absolute atomic E-state index is 0.138. The van der Waals surface area contributed by atoms with Crippen molar-refractivity contribution < 1.29 is 13.2 Å². The number of aromatic amines is 2. The highest BCUT2D eigenvalue weighted by atomic mass is 35.5. The molecule has 0 unspecified atom stereocenters. The third-order valence-corrected chi connectivity index (χ3v) is 6.50.